The van der Waals surface area contributed by atoms with Gasteiger partial charge in [0.05, 0.1) is 0 Å². The molecule has 0 aromatic carbocycles. The Morgan fingerprint density at radius 1 is 1.38 bits per heavy atom. The van der Waals surface area contributed by atoms with Crippen LogP contribution in [0.4, 0.5) is 11.5 Å². The molecule has 0 spiro atoms. The van der Waals surface area contributed by atoms with Crippen LogP contribution in [-0.4, -0.2) is 22.0 Å². The van der Waals surface area contributed by atoms with E-state index in [2.05, 4.69) is 11.1 Å². The molecule has 1 atom stereocenters. The molecule has 7 nitrogen and oxygen atoms in total. The smallest absolute Gasteiger partial charge is 0.330 e. The number of carbonyl (C=O) groups is 1. The van der Waals surface area contributed by atoms with E-state index in [4.69, 9.17) is 5.73 Å². The predicted octanol–water partition coefficient (Wildman–Crippen LogP) is 1.63. The fourth-order valence-corrected chi connectivity index (χ4v) is 3.04. The highest BCUT2D eigenvalue weighted by molar-refractivity contribution is 5.97. The number of carbonyl (C=O) groups excluding carboxylic acids is 1. The number of amides is 1. The lowest BCUT2D eigenvalue weighted by Crippen LogP contribution is -2.43. The van der Waals surface area contributed by atoms with Crippen LogP contribution in [-0.2, 0) is 11.3 Å². The maximum absolute atomic E-state index is 12.8. The van der Waals surface area contributed by atoms with Crippen molar-refractivity contribution in [1.29, 1.82) is 0 Å². The van der Waals surface area contributed by atoms with E-state index < -0.39 is 11.2 Å². The van der Waals surface area contributed by atoms with Gasteiger partial charge in [0.2, 0.25) is 5.91 Å². The number of unbranched alkanes of at least 4 members (excludes halogenated alkanes) is 1. The first-order valence-electron chi connectivity index (χ1n) is 8.60. The van der Waals surface area contributed by atoms with Crippen molar-refractivity contribution in [1.82, 2.24) is 9.55 Å². The van der Waals surface area contributed by atoms with Gasteiger partial charge in [0.25, 0.3) is 5.56 Å². The maximum Gasteiger partial charge on any atom is 0.330 e. The molecule has 132 valence electrons. The predicted molar refractivity (Wildman–Crippen MR) is 95.2 cm³/mol. The summed E-state index contributed by atoms with van der Waals surface area (Å²) in [5, 5.41) is 0. The van der Waals surface area contributed by atoms with Crippen molar-refractivity contribution in [3.05, 3.63) is 33.0 Å². The number of H-pyrrole nitrogens is 1. The lowest BCUT2D eigenvalue weighted by atomic mass is 9.93. The maximum atomic E-state index is 12.8. The highest BCUT2D eigenvalue weighted by Gasteiger charge is 2.28. The zero-order valence-electron chi connectivity index (χ0n) is 14.4. The molecule has 1 amide bonds. The minimum absolute atomic E-state index is 0.0683. The SMILES string of the molecule is CCCCn1c(N)c(N(CC)C(=O)C2CC=CCC2)c(=O)[nH]c1=O. The van der Waals surface area contributed by atoms with Crippen molar-refractivity contribution in [3.8, 4) is 0 Å². The minimum Gasteiger partial charge on any atom is -0.383 e. The normalized spacial score (nSPS) is 17.0. The van der Waals surface area contributed by atoms with Crippen LogP contribution in [0.25, 0.3) is 0 Å². The first kappa shape index (κ1) is 18.0. The van der Waals surface area contributed by atoms with Gasteiger partial charge in [-0.15, -0.1) is 0 Å². The van der Waals surface area contributed by atoms with Gasteiger partial charge < -0.3 is 10.6 Å². The van der Waals surface area contributed by atoms with Gasteiger partial charge in [-0.25, -0.2) is 4.79 Å². The molecular formula is C17H26N4O3. The summed E-state index contributed by atoms with van der Waals surface area (Å²) in [6.45, 7) is 4.56. The summed E-state index contributed by atoms with van der Waals surface area (Å²) < 4.78 is 1.34. The number of aromatic amines is 1. The van der Waals surface area contributed by atoms with Crippen molar-refractivity contribution in [3.63, 3.8) is 0 Å². The summed E-state index contributed by atoms with van der Waals surface area (Å²) in [7, 11) is 0. The van der Waals surface area contributed by atoms with E-state index >= 15 is 0 Å². The van der Waals surface area contributed by atoms with Gasteiger partial charge in [-0.05, 0) is 32.6 Å². The van der Waals surface area contributed by atoms with E-state index in [0.29, 0.717) is 19.5 Å². The summed E-state index contributed by atoms with van der Waals surface area (Å²) in [6.07, 6.45) is 8.01. The molecule has 2 rings (SSSR count). The number of nitrogens with one attached hydrogen (secondary N) is 1. The third-order valence-corrected chi connectivity index (χ3v) is 4.42. The molecule has 0 aliphatic heterocycles. The van der Waals surface area contributed by atoms with E-state index in [-0.39, 0.29) is 23.3 Å². The number of hydrogen-bond donors (Lipinski definition) is 2. The topological polar surface area (TPSA) is 101 Å². The quantitative estimate of drug-likeness (QED) is 0.772. The number of nitrogens with zero attached hydrogens (tertiary/aromatic N) is 2. The molecule has 1 aromatic heterocycles. The number of allylic oxidation sites excluding steroid dienone is 2. The third kappa shape index (κ3) is 3.60. The molecule has 0 saturated carbocycles. The summed E-state index contributed by atoms with van der Waals surface area (Å²) in [5.74, 6) is -0.191. The fraction of sp³-hybridized carbons (Fsp3) is 0.588. The second-order valence-corrected chi connectivity index (χ2v) is 6.06. The number of nitrogens with two attached hydrogens (primary N) is 1. The Kier molecular flexibility index (Phi) is 6.00. The third-order valence-electron chi connectivity index (χ3n) is 4.42. The second kappa shape index (κ2) is 7.99. The van der Waals surface area contributed by atoms with Crippen molar-refractivity contribution in [2.45, 2.75) is 52.5 Å². The zero-order valence-corrected chi connectivity index (χ0v) is 14.4. The number of nitrogen functional groups attached to an aromatic ring is 1. The average molecular weight is 334 g/mol. The van der Waals surface area contributed by atoms with Gasteiger partial charge in [0.1, 0.15) is 5.82 Å². The molecule has 3 N–H and O–H groups in total. The molecular weight excluding hydrogens is 308 g/mol. The van der Waals surface area contributed by atoms with Crippen LogP contribution in [0, 0.1) is 5.92 Å². The van der Waals surface area contributed by atoms with E-state index in [0.717, 1.165) is 25.7 Å². The molecule has 0 saturated heterocycles. The molecule has 1 heterocycles. The Morgan fingerprint density at radius 3 is 2.71 bits per heavy atom. The van der Waals surface area contributed by atoms with Gasteiger partial charge >= 0.3 is 5.69 Å². The Hall–Kier alpha value is -2.31. The van der Waals surface area contributed by atoms with Crippen molar-refractivity contribution >= 4 is 17.4 Å². The van der Waals surface area contributed by atoms with Gasteiger partial charge in [-0.2, -0.15) is 0 Å². The second-order valence-electron chi connectivity index (χ2n) is 6.06. The standard InChI is InChI=1S/C17H26N4O3/c1-3-5-11-21-14(18)13(15(22)19-17(21)24)20(4-2)16(23)12-9-7-6-8-10-12/h6-7,12H,3-5,8-11,18H2,1-2H3,(H,19,22,24). The molecule has 0 bridgehead atoms. The Morgan fingerprint density at radius 2 is 2.12 bits per heavy atom. The summed E-state index contributed by atoms with van der Waals surface area (Å²) in [6, 6.07) is 0. The molecule has 1 aliphatic carbocycles. The van der Waals surface area contributed by atoms with Gasteiger partial charge in [0.15, 0.2) is 5.69 Å². The summed E-state index contributed by atoms with van der Waals surface area (Å²) in [5.41, 5.74) is 5.06. The molecule has 1 aromatic rings. The number of hydrogen-bond acceptors (Lipinski definition) is 4. The van der Waals surface area contributed by atoms with E-state index in [1.807, 2.05) is 13.0 Å². The zero-order chi connectivity index (χ0) is 17.7. The van der Waals surface area contributed by atoms with Crippen LogP contribution >= 0.6 is 0 Å². The highest BCUT2D eigenvalue weighted by Crippen LogP contribution is 2.25. The van der Waals surface area contributed by atoms with Crippen LogP contribution in [0.5, 0.6) is 0 Å². The average Bonchev–Trinajstić information content (AvgIpc) is 2.58. The van der Waals surface area contributed by atoms with Gasteiger partial charge in [-0.1, -0.05) is 25.5 Å². The van der Waals surface area contributed by atoms with Crippen LogP contribution in [0.1, 0.15) is 46.0 Å². The first-order valence-corrected chi connectivity index (χ1v) is 8.60. The first-order chi connectivity index (χ1) is 11.5. The number of aromatic nitrogens is 2. The monoisotopic (exact) mass is 334 g/mol. The highest BCUT2D eigenvalue weighted by atomic mass is 16.2. The summed E-state index contributed by atoms with van der Waals surface area (Å²) in [4.78, 5) is 40.9. The van der Waals surface area contributed by atoms with Crippen LogP contribution < -0.4 is 21.9 Å². The van der Waals surface area contributed by atoms with E-state index in [1.54, 1.807) is 6.92 Å². The Labute approximate surface area is 141 Å². The lowest BCUT2D eigenvalue weighted by molar-refractivity contribution is -0.122. The van der Waals surface area contributed by atoms with Crippen LogP contribution in [0.2, 0.25) is 0 Å². The molecule has 24 heavy (non-hydrogen) atoms. The van der Waals surface area contributed by atoms with E-state index in [1.165, 1.54) is 9.47 Å². The van der Waals surface area contributed by atoms with Crippen molar-refractivity contribution in [2.75, 3.05) is 17.2 Å². The van der Waals surface area contributed by atoms with Gasteiger partial charge in [-0.3, -0.25) is 19.1 Å². The Bertz CT molecular complexity index is 732. The Balaban J connectivity index is 2.43. The van der Waals surface area contributed by atoms with Crippen LogP contribution in [0.3, 0.4) is 0 Å². The fourth-order valence-electron chi connectivity index (χ4n) is 3.04. The summed E-state index contributed by atoms with van der Waals surface area (Å²) >= 11 is 0. The molecule has 0 fully saturated rings. The number of rotatable bonds is 6. The molecule has 1 unspecified atom stereocenters. The minimum atomic E-state index is -0.605. The molecule has 1 aliphatic rings. The lowest BCUT2D eigenvalue weighted by Gasteiger charge is -2.27. The van der Waals surface area contributed by atoms with E-state index in [9.17, 15) is 14.4 Å². The number of anilines is 2. The molecule has 7 heteroatoms. The van der Waals surface area contributed by atoms with Crippen molar-refractivity contribution < 1.29 is 4.79 Å². The van der Waals surface area contributed by atoms with Crippen molar-refractivity contribution in [2.24, 2.45) is 5.92 Å². The van der Waals surface area contributed by atoms with Crippen LogP contribution in [0.15, 0.2) is 21.7 Å². The van der Waals surface area contributed by atoms with Gasteiger partial charge in [0, 0.05) is 19.0 Å². The largest absolute Gasteiger partial charge is 0.383 e. The molecule has 0 radical (unpaired) electrons.